The molecule has 1 amide bonds. The molecule has 2 atom stereocenters. The number of hydrogen-bond donors (Lipinski definition) is 3. The Kier molecular flexibility index (Phi) is 39.4. The third kappa shape index (κ3) is 37.4. The third-order valence-corrected chi connectivity index (χ3v) is 9.51. The van der Waals surface area contributed by atoms with Crippen molar-refractivity contribution in [2.75, 3.05) is 6.61 Å². The molecule has 0 heterocycles. The zero-order valence-corrected chi connectivity index (χ0v) is 32.7. The summed E-state index contributed by atoms with van der Waals surface area (Å²) in [5.74, 6) is -0.0878. The molecule has 0 saturated heterocycles. The molecule has 0 bridgehead atoms. The fourth-order valence-electron chi connectivity index (χ4n) is 6.20. The van der Waals surface area contributed by atoms with Gasteiger partial charge in [0.15, 0.2) is 0 Å². The molecule has 0 aliphatic rings. The molecule has 0 aliphatic heterocycles. The molecular formula is C45H83NO3. The number of carbonyl (C=O) groups excluding carboxylic acids is 1. The largest absolute Gasteiger partial charge is 0.394 e. The van der Waals surface area contributed by atoms with Crippen LogP contribution in [0.1, 0.15) is 213 Å². The van der Waals surface area contributed by atoms with Crippen molar-refractivity contribution in [2.24, 2.45) is 0 Å². The number of rotatable bonds is 38. The Balaban J connectivity index is 3.67. The number of nitrogens with one attached hydrogen (secondary N) is 1. The predicted octanol–water partition coefficient (Wildman–Crippen LogP) is 13.2. The summed E-state index contributed by atoms with van der Waals surface area (Å²) < 4.78 is 0. The van der Waals surface area contributed by atoms with Crippen molar-refractivity contribution in [3.63, 3.8) is 0 Å². The SMILES string of the molecule is CCCCCCCC/C=C\CCCCCCCC(=O)NC(CO)C(O)/C=C/CC/C=C/CC/C=C/CCCCCCCCCCCCCC. The lowest BCUT2D eigenvalue weighted by atomic mass is 10.0. The van der Waals surface area contributed by atoms with E-state index in [0.29, 0.717) is 6.42 Å². The lowest BCUT2D eigenvalue weighted by Crippen LogP contribution is -2.45. The highest BCUT2D eigenvalue weighted by atomic mass is 16.3. The molecule has 0 radical (unpaired) electrons. The van der Waals surface area contributed by atoms with E-state index in [9.17, 15) is 15.0 Å². The summed E-state index contributed by atoms with van der Waals surface area (Å²) in [6.45, 7) is 4.28. The molecule has 286 valence electrons. The average molecular weight is 686 g/mol. The molecule has 0 rings (SSSR count). The van der Waals surface area contributed by atoms with Crippen molar-refractivity contribution < 1.29 is 15.0 Å². The van der Waals surface area contributed by atoms with Crippen LogP contribution in [0.3, 0.4) is 0 Å². The van der Waals surface area contributed by atoms with E-state index in [-0.39, 0.29) is 12.5 Å². The van der Waals surface area contributed by atoms with Gasteiger partial charge < -0.3 is 15.5 Å². The fraction of sp³-hybridized carbons (Fsp3) is 0.800. The van der Waals surface area contributed by atoms with Crippen LogP contribution in [0, 0.1) is 0 Å². The molecule has 0 aromatic heterocycles. The van der Waals surface area contributed by atoms with E-state index < -0.39 is 12.1 Å². The maximum atomic E-state index is 12.3. The topological polar surface area (TPSA) is 69.6 Å². The molecule has 3 N–H and O–H groups in total. The van der Waals surface area contributed by atoms with E-state index in [4.69, 9.17) is 0 Å². The summed E-state index contributed by atoms with van der Waals surface area (Å²) in [4.78, 5) is 12.3. The van der Waals surface area contributed by atoms with Crippen LogP contribution in [0.25, 0.3) is 0 Å². The highest BCUT2D eigenvalue weighted by Gasteiger charge is 2.17. The lowest BCUT2D eigenvalue weighted by molar-refractivity contribution is -0.123. The summed E-state index contributed by atoms with van der Waals surface area (Å²) in [5, 5.41) is 22.9. The quantitative estimate of drug-likeness (QED) is 0.0447. The van der Waals surface area contributed by atoms with E-state index in [1.54, 1.807) is 6.08 Å². The predicted molar refractivity (Wildman–Crippen MR) is 216 cm³/mol. The Morgan fingerprint density at radius 2 is 0.796 bits per heavy atom. The van der Waals surface area contributed by atoms with Gasteiger partial charge in [0.05, 0.1) is 18.8 Å². The second-order valence-corrected chi connectivity index (χ2v) is 14.4. The zero-order valence-electron chi connectivity index (χ0n) is 32.7. The van der Waals surface area contributed by atoms with Crippen LogP contribution in [0.15, 0.2) is 48.6 Å². The first-order chi connectivity index (χ1) is 24.2. The van der Waals surface area contributed by atoms with Gasteiger partial charge in [-0.25, -0.2) is 0 Å². The van der Waals surface area contributed by atoms with E-state index in [0.717, 1.165) is 51.4 Å². The molecular weight excluding hydrogens is 602 g/mol. The number of aliphatic hydroxyl groups is 2. The Bertz CT molecular complexity index is 786. The van der Waals surface area contributed by atoms with Crippen molar-refractivity contribution in [2.45, 2.75) is 225 Å². The monoisotopic (exact) mass is 686 g/mol. The second kappa shape index (κ2) is 40.8. The molecule has 49 heavy (non-hydrogen) atoms. The van der Waals surface area contributed by atoms with Crippen LogP contribution >= 0.6 is 0 Å². The van der Waals surface area contributed by atoms with Gasteiger partial charge in [0.1, 0.15) is 0 Å². The zero-order chi connectivity index (χ0) is 35.7. The van der Waals surface area contributed by atoms with Crippen LogP contribution in [-0.4, -0.2) is 34.9 Å². The minimum absolute atomic E-state index is 0.0878. The van der Waals surface area contributed by atoms with Crippen LogP contribution in [0.4, 0.5) is 0 Å². The molecule has 4 heteroatoms. The van der Waals surface area contributed by atoms with Gasteiger partial charge in [-0.1, -0.05) is 184 Å². The highest BCUT2D eigenvalue weighted by Crippen LogP contribution is 2.13. The molecule has 0 aromatic carbocycles. The standard InChI is InChI=1S/C45H83NO3/c1-3-5-7-9-11-13-15-17-19-20-21-22-23-24-25-27-28-30-32-34-36-38-40-44(48)43(42-47)46-45(49)41-39-37-35-33-31-29-26-18-16-14-12-10-8-6-4-2/h18,24-26,30,32,38,40,43-44,47-48H,3-17,19-23,27-29,31,33-37,39,41-42H2,1-2H3,(H,46,49)/b25-24+,26-18-,32-30+,40-38+. The molecule has 0 aromatic rings. The second-order valence-electron chi connectivity index (χ2n) is 14.4. The Morgan fingerprint density at radius 3 is 1.18 bits per heavy atom. The van der Waals surface area contributed by atoms with Gasteiger partial charge in [0.2, 0.25) is 5.91 Å². The minimum atomic E-state index is -0.873. The number of allylic oxidation sites excluding steroid dienone is 7. The van der Waals surface area contributed by atoms with Crippen molar-refractivity contribution in [1.29, 1.82) is 0 Å². The first-order valence-corrected chi connectivity index (χ1v) is 21.4. The van der Waals surface area contributed by atoms with Crippen LogP contribution in [-0.2, 0) is 4.79 Å². The summed E-state index contributed by atoms with van der Waals surface area (Å²) in [7, 11) is 0. The van der Waals surface area contributed by atoms with Crippen LogP contribution in [0.5, 0.6) is 0 Å². The molecule has 0 saturated carbocycles. The van der Waals surface area contributed by atoms with Crippen molar-refractivity contribution in [1.82, 2.24) is 5.32 Å². The Labute approximate surface area is 305 Å². The van der Waals surface area contributed by atoms with E-state index >= 15 is 0 Å². The van der Waals surface area contributed by atoms with Gasteiger partial charge in [-0.05, 0) is 70.6 Å². The normalized spacial score (nSPS) is 13.5. The summed E-state index contributed by atoms with van der Waals surface area (Å²) >= 11 is 0. The molecule has 4 nitrogen and oxygen atoms in total. The summed E-state index contributed by atoms with van der Waals surface area (Å²) in [6.07, 6.45) is 55.0. The van der Waals surface area contributed by atoms with Gasteiger partial charge in [0, 0.05) is 6.42 Å². The highest BCUT2D eigenvalue weighted by molar-refractivity contribution is 5.76. The smallest absolute Gasteiger partial charge is 0.220 e. The molecule has 2 unspecified atom stereocenters. The van der Waals surface area contributed by atoms with E-state index in [1.165, 1.54) is 141 Å². The Hall–Kier alpha value is -1.65. The first kappa shape index (κ1) is 47.4. The molecule has 0 fully saturated rings. The van der Waals surface area contributed by atoms with Crippen molar-refractivity contribution in [3.05, 3.63) is 48.6 Å². The maximum absolute atomic E-state index is 12.3. The van der Waals surface area contributed by atoms with E-state index in [1.807, 2.05) is 6.08 Å². The number of hydrogen-bond acceptors (Lipinski definition) is 3. The number of unbranched alkanes of at least 4 members (excludes halogenated alkanes) is 25. The van der Waals surface area contributed by atoms with Gasteiger partial charge in [0.25, 0.3) is 0 Å². The van der Waals surface area contributed by atoms with Crippen LogP contribution < -0.4 is 5.32 Å². The number of amides is 1. The van der Waals surface area contributed by atoms with E-state index in [2.05, 4.69) is 55.6 Å². The molecule has 0 aliphatic carbocycles. The number of carbonyl (C=O) groups is 1. The fourth-order valence-corrected chi connectivity index (χ4v) is 6.20. The lowest BCUT2D eigenvalue weighted by Gasteiger charge is -2.19. The first-order valence-electron chi connectivity index (χ1n) is 21.4. The average Bonchev–Trinajstić information content (AvgIpc) is 3.10. The van der Waals surface area contributed by atoms with Gasteiger partial charge in [-0.15, -0.1) is 0 Å². The number of aliphatic hydroxyl groups excluding tert-OH is 2. The maximum Gasteiger partial charge on any atom is 0.220 e. The van der Waals surface area contributed by atoms with Crippen LogP contribution in [0.2, 0.25) is 0 Å². The Morgan fingerprint density at radius 1 is 0.469 bits per heavy atom. The van der Waals surface area contributed by atoms with Gasteiger partial charge in [-0.2, -0.15) is 0 Å². The summed E-state index contributed by atoms with van der Waals surface area (Å²) in [5.41, 5.74) is 0. The van der Waals surface area contributed by atoms with Gasteiger partial charge in [-0.3, -0.25) is 4.79 Å². The summed E-state index contributed by atoms with van der Waals surface area (Å²) in [6, 6.07) is -0.649. The minimum Gasteiger partial charge on any atom is -0.394 e. The molecule has 0 spiro atoms. The van der Waals surface area contributed by atoms with Crippen molar-refractivity contribution in [3.8, 4) is 0 Å². The van der Waals surface area contributed by atoms with Crippen molar-refractivity contribution >= 4 is 5.91 Å². The third-order valence-electron chi connectivity index (χ3n) is 9.51. The van der Waals surface area contributed by atoms with Gasteiger partial charge >= 0.3 is 0 Å².